The highest BCUT2D eigenvalue weighted by molar-refractivity contribution is 5.03. The van der Waals surface area contributed by atoms with E-state index in [2.05, 4.69) is 4.98 Å². The Labute approximate surface area is 143 Å². The summed E-state index contributed by atoms with van der Waals surface area (Å²) in [5.74, 6) is 0. The fourth-order valence-corrected chi connectivity index (χ4v) is 2.74. The first kappa shape index (κ1) is 19.8. The lowest BCUT2D eigenvalue weighted by Crippen LogP contribution is -2.43. The molecule has 1 saturated heterocycles. The number of aliphatic hydroxyl groups excluding tert-OH is 2. The topological polar surface area (TPSA) is 132 Å². The van der Waals surface area contributed by atoms with Crippen LogP contribution in [0.1, 0.15) is 11.8 Å². The van der Waals surface area contributed by atoms with E-state index in [1.54, 1.807) is 0 Å². The third-order valence-corrected chi connectivity index (χ3v) is 3.97. The molecule has 1 aliphatic heterocycles. The summed E-state index contributed by atoms with van der Waals surface area (Å²) in [4.78, 5) is 25.9. The Balaban J connectivity index is 2.35. The number of hydrogen-bond donors (Lipinski definition) is 3. The number of methoxy groups -OCH3 is 2. The number of aromatic nitrogens is 2. The molecule has 4 atom stereocenters. The van der Waals surface area contributed by atoms with Gasteiger partial charge in [0.15, 0.2) is 6.23 Å². The average Bonchev–Trinajstić information content (AvgIpc) is 2.87. The first-order chi connectivity index (χ1) is 11.9. The van der Waals surface area contributed by atoms with Gasteiger partial charge in [-0.1, -0.05) is 0 Å². The fourth-order valence-electron chi connectivity index (χ4n) is 2.74. The molecule has 0 spiro atoms. The van der Waals surface area contributed by atoms with Crippen LogP contribution in [-0.2, 0) is 18.9 Å². The minimum atomic E-state index is -1.18. The zero-order valence-corrected chi connectivity index (χ0v) is 14.4. The van der Waals surface area contributed by atoms with Gasteiger partial charge in [0, 0.05) is 26.0 Å². The molecular formula is C15H24N2O8. The van der Waals surface area contributed by atoms with E-state index in [-0.39, 0.29) is 13.2 Å². The van der Waals surface area contributed by atoms with Crippen molar-refractivity contribution in [2.24, 2.45) is 0 Å². The molecule has 142 valence electrons. The first-order valence-corrected chi connectivity index (χ1v) is 7.82. The molecule has 0 aliphatic carbocycles. The number of aryl methyl sites for hydroxylation is 1. The van der Waals surface area contributed by atoms with Gasteiger partial charge in [-0.3, -0.25) is 14.3 Å². The summed E-state index contributed by atoms with van der Waals surface area (Å²) in [6.45, 7) is 1.49. The number of H-pyrrole nitrogens is 1. The minimum Gasteiger partial charge on any atom is -0.394 e. The van der Waals surface area contributed by atoms with E-state index in [1.807, 2.05) is 0 Å². The maximum absolute atomic E-state index is 12.1. The smallest absolute Gasteiger partial charge is 0.330 e. The molecule has 1 fully saturated rings. The highest BCUT2D eigenvalue weighted by Gasteiger charge is 2.46. The summed E-state index contributed by atoms with van der Waals surface area (Å²) in [6.07, 6.45) is -3.28. The summed E-state index contributed by atoms with van der Waals surface area (Å²) >= 11 is 0. The Hall–Kier alpha value is -1.56. The summed E-state index contributed by atoms with van der Waals surface area (Å²) in [5.41, 5.74) is -0.906. The Morgan fingerprint density at radius 3 is 2.52 bits per heavy atom. The molecule has 10 heteroatoms. The van der Waals surface area contributed by atoms with Gasteiger partial charge in [-0.15, -0.1) is 0 Å². The van der Waals surface area contributed by atoms with Gasteiger partial charge in [0.25, 0.3) is 5.56 Å². The van der Waals surface area contributed by atoms with Crippen molar-refractivity contribution in [2.75, 3.05) is 34.0 Å². The number of ether oxygens (including phenoxy) is 4. The molecule has 25 heavy (non-hydrogen) atoms. The van der Waals surface area contributed by atoms with Gasteiger partial charge in [0.1, 0.15) is 24.4 Å². The van der Waals surface area contributed by atoms with Crippen LogP contribution in [0.5, 0.6) is 0 Å². The number of aliphatic hydroxyl groups is 2. The van der Waals surface area contributed by atoms with Crippen molar-refractivity contribution in [3.8, 4) is 0 Å². The molecule has 0 saturated carbocycles. The van der Waals surface area contributed by atoms with E-state index in [0.717, 1.165) is 4.57 Å². The SMILES string of the molecule is COCC(COC)OC1C(O)C(CO)OC1n1cc(C)c(=O)[nH]c1=O. The monoisotopic (exact) mass is 360 g/mol. The van der Waals surface area contributed by atoms with Crippen LogP contribution in [0, 0.1) is 6.92 Å². The molecule has 0 amide bonds. The van der Waals surface area contributed by atoms with Gasteiger partial charge in [-0.25, -0.2) is 4.79 Å². The third kappa shape index (κ3) is 4.35. The first-order valence-electron chi connectivity index (χ1n) is 7.82. The maximum Gasteiger partial charge on any atom is 0.330 e. The molecule has 0 bridgehead atoms. The second kappa shape index (κ2) is 8.70. The summed E-state index contributed by atoms with van der Waals surface area (Å²) in [5, 5.41) is 19.8. The van der Waals surface area contributed by atoms with Crippen molar-refractivity contribution < 1.29 is 29.2 Å². The van der Waals surface area contributed by atoms with Crippen LogP contribution < -0.4 is 11.2 Å². The molecule has 0 radical (unpaired) electrons. The highest BCUT2D eigenvalue weighted by atomic mass is 16.6. The normalized spacial score (nSPS) is 26.5. The molecule has 1 aliphatic rings. The van der Waals surface area contributed by atoms with E-state index in [9.17, 15) is 19.8 Å². The van der Waals surface area contributed by atoms with Gasteiger partial charge >= 0.3 is 5.69 Å². The van der Waals surface area contributed by atoms with E-state index >= 15 is 0 Å². The predicted octanol–water partition coefficient (Wildman–Crippen LogP) is -1.86. The Morgan fingerprint density at radius 2 is 1.96 bits per heavy atom. The van der Waals surface area contributed by atoms with Crippen LogP contribution >= 0.6 is 0 Å². The number of nitrogens with one attached hydrogen (secondary N) is 1. The van der Waals surface area contributed by atoms with Crippen molar-refractivity contribution in [3.63, 3.8) is 0 Å². The lowest BCUT2D eigenvalue weighted by atomic mass is 10.1. The van der Waals surface area contributed by atoms with Crippen LogP contribution in [0.15, 0.2) is 15.8 Å². The van der Waals surface area contributed by atoms with Crippen molar-refractivity contribution in [3.05, 3.63) is 32.6 Å². The Kier molecular flexibility index (Phi) is 6.87. The van der Waals surface area contributed by atoms with Crippen molar-refractivity contribution in [1.82, 2.24) is 9.55 Å². The molecule has 10 nitrogen and oxygen atoms in total. The van der Waals surface area contributed by atoms with E-state index < -0.39 is 48.5 Å². The summed E-state index contributed by atoms with van der Waals surface area (Å²) in [7, 11) is 2.99. The highest BCUT2D eigenvalue weighted by Crippen LogP contribution is 2.31. The molecular weight excluding hydrogens is 336 g/mol. The third-order valence-electron chi connectivity index (χ3n) is 3.97. The number of hydrogen-bond acceptors (Lipinski definition) is 8. The van der Waals surface area contributed by atoms with E-state index in [1.165, 1.54) is 27.3 Å². The minimum absolute atomic E-state index is 0.202. The van der Waals surface area contributed by atoms with Crippen LogP contribution in [0.4, 0.5) is 0 Å². The van der Waals surface area contributed by atoms with Gasteiger partial charge in [-0.2, -0.15) is 0 Å². The van der Waals surface area contributed by atoms with Gasteiger partial charge in [0.05, 0.1) is 19.8 Å². The molecule has 4 unspecified atom stereocenters. The van der Waals surface area contributed by atoms with Gasteiger partial charge in [0.2, 0.25) is 0 Å². The maximum atomic E-state index is 12.1. The molecule has 1 aromatic heterocycles. The number of rotatable bonds is 8. The summed E-state index contributed by atoms with van der Waals surface area (Å²) < 4.78 is 22.7. The fraction of sp³-hybridized carbons (Fsp3) is 0.733. The average molecular weight is 360 g/mol. The van der Waals surface area contributed by atoms with Gasteiger partial charge < -0.3 is 29.2 Å². The van der Waals surface area contributed by atoms with Crippen LogP contribution in [0.3, 0.4) is 0 Å². The number of aromatic amines is 1. The molecule has 3 N–H and O–H groups in total. The largest absolute Gasteiger partial charge is 0.394 e. The second-order valence-electron chi connectivity index (χ2n) is 5.85. The number of nitrogens with zero attached hydrogens (tertiary/aromatic N) is 1. The molecule has 2 heterocycles. The Morgan fingerprint density at radius 1 is 1.32 bits per heavy atom. The second-order valence-corrected chi connectivity index (χ2v) is 5.85. The van der Waals surface area contributed by atoms with Crippen LogP contribution in [0.25, 0.3) is 0 Å². The van der Waals surface area contributed by atoms with Gasteiger partial charge in [-0.05, 0) is 6.92 Å². The van der Waals surface area contributed by atoms with E-state index in [4.69, 9.17) is 18.9 Å². The van der Waals surface area contributed by atoms with Crippen molar-refractivity contribution >= 4 is 0 Å². The molecule has 2 rings (SSSR count). The van der Waals surface area contributed by atoms with E-state index in [0.29, 0.717) is 5.56 Å². The van der Waals surface area contributed by atoms with Crippen LogP contribution in [0.2, 0.25) is 0 Å². The zero-order valence-electron chi connectivity index (χ0n) is 14.4. The molecule has 1 aromatic rings. The van der Waals surface area contributed by atoms with Crippen molar-refractivity contribution in [1.29, 1.82) is 0 Å². The Bertz CT molecular complexity index is 666. The lowest BCUT2D eigenvalue weighted by Gasteiger charge is -2.27. The molecule has 0 aromatic carbocycles. The standard InChI is InChI=1S/C15H24N2O8/c1-8-4-17(15(21)16-13(8)20)14-12(11(19)10(5-18)25-14)24-9(6-22-2)7-23-3/h4,9-12,14,18-19H,5-7H2,1-3H3,(H,16,20,21). The lowest BCUT2D eigenvalue weighted by molar-refractivity contribution is -0.132. The van der Waals surface area contributed by atoms with Crippen LogP contribution in [-0.4, -0.2) is 78.2 Å². The van der Waals surface area contributed by atoms with Crippen molar-refractivity contribution in [2.45, 2.75) is 37.6 Å². The summed E-state index contributed by atoms with van der Waals surface area (Å²) in [6, 6.07) is 0. The zero-order chi connectivity index (χ0) is 18.6. The quantitative estimate of drug-likeness (QED) is 0.492. The predicted molar refractivity (Wildman–Crippen MR) is 85.5 cm³/mol.